The Hall–Kier alpha value is -2.62. The molecule has 0 radical (unpaired) electrons. The van der Waals surface area contributed by atoms with Crippen LogP contribution < -0.4 is 5.43 Å². The summed E-state index contributed by atoms with van der Waals surface area (Å²) in [6.45, 7) is 2.34. The number of aromatic nitrogens is 1. The molecule has 1 amide bonds. The topological polar surface area (TPSA) is 53.2 Å². The highest BCUT2D eigenvalue weighted by Gasteiger charge is 2.32. The zero-order valence-electron chi connectivity index (χ0n) is 13.2. The van der Waals surface area contributed by atoms with E-state index in [1.54, 1.807) is 6.92 Å². The Morgan fingerprint density at radius 2 is 2.00 bits per heavy atom. The van der Waals surface area contributed by atoms with E-state index in [0.717, 1.165) is 18.4 Å². The number of nitrogens with one attached hydrogen (secondary N) is 1. The van der Waals surface area contributed by atoms with E-state index in [9.17, 15) is 9.59 Å². The lowest BCUT2D eigenvalue weighted by atomic mass is 10.2. The fourth-order valence-corrected chi connectivity index (χ4v) is 2.60. The van der Waals surface area contributed by atoms with Gasteiger partial charge in [-0.15, -0.1) is 0 Å². The zero-order chi connectivity index (χ0) is 16.2. The summed E-state index contributed by atoms with van der Waals surface area (Å²) in [4.78, 5) is 29.2. The fourth-order valence-electron chi connectivity index (χ4n) is 2.60. The minimum absolute atomic E-state index is 0.106. The standard InChI is InChI=1S/C19H20N2O2/c1-14-12-17(22)13-18(20-14)19(23)21(16-9-10-16)11-5-8-15-6-3-2-4-7-15/h2-8,12-13,16H,9-11H2,1H3,(H,20,22). The smallest absolute Gasteiger partial charge is 0.270 e. The van der Waals surface area contributed by atoms with Crippen LogP contribution in [0.4, 0.5) is 0 Å². The molecule has 0 unspecified atom stereocenters. The monoisotopic (exact) mass is 308 g/mol. The van der Waals surface area contributed by atoms with Crippen LogP contribution in [-0.2, 0) is 0 Å². The molecule has 1 aliphatic rings. The summed E-state index contributed by atoms with van der Waals surface area (Å²) in [6, 6.07) is 13.2. The fraction of sp³-hybridized carbons (Fsp3) is 0.263. The van der Waals surface area contributed by atoms with Crippen LogP contribution in [0.15, 0.2) is 53.3 Å². The molecule has 1 heterocycles. The highest BCUT2D eigenvalue weighted by atomic mass is 16.2. The minimum Gasteiger partial charge on any atom is -0.354 e. The molecule has 0 atom stereocenters. The molecule has 4 nitrogen and oxygen atoms in total. The second kappa shape index (κ2) is 6.65. The van der Waals surface area contributed by atoms with Crippen LogP contribution >= 0.6 is 0 Å². The Bertz CT molecular complexity index is 773. The molecule has 0 spiro atoms. The number of benzene rings is 1. The zero-order valence-corrected chi connectivity index (χ0v) is 13.2. The third-order valence-electron chi connectivity index (χ3n) is 3.87. The van der Waals surface area contributed by atoms with Crippen LogP contribution in [0.25, 0.3) is 6.08 Å². The van der Waals surface area contributed by atoms with Gasteiger partial charge in [-0.3, -0.25) is 9.59 Å². The van der Waals surface area contributed by atoms with Crippen LogP contribution in [0.5, 0.6) is 0 Å². The summed E-state index contributed by atoms with van der Waals surface area (Å²) >= 11 is 0. The number of carbonyl (C=O) groups excluding carboxylic acids is 1. The maximum absolute atomic E-state index is 12.7. The van der Waals surface area contributed by atoms with Gasteiger partial charge in [0, 0.05) is 30.4 Å². The van der Waals surface area contributed by atoms with Crippen molar-refractivity contribution in [2.24, 2.45) is 0 Å². The summed E-state index contributed by atoms with van der Waals surface area (Å²) in [6.07, 6.45) is 6.07. The Balaban J connectivity index is 1.75. The molecular formula is C19H20N2O2. The average Bonchev–Trinajstić information content (AvgIpc) is 3.36. The van der Waals surface area contributed by atoms with Gasteiger partial charge in [-0.1, -0.05) is 42.5 Å². The molecule has 0 bridgehead atoms. The number of pyridine rings is 1. The number of hydrogen-bond donors (Lipinski definition) is 1. The first-order valence-electron chi connectivity index (χ1n) is 7.87. The van der Waals surface area contributed by atoms with Gasteiger partial charge in [0.1, 0.15) is 5.69 Å². The molecule has 1 saturated carbocycles. The first-order valence-corrected chi connectivity index (χ1v) is 7.87. The number of amides is 1. The number of nitrogens with zero attached hydrogens (tertiary/aromatic N) is 1. The van der Waals surface area contributed by atoms with Crippen LogP contribution in [0.3, 0.4) is 0 Å². The predicted octanol–water partition coefficient (Wildman–Crippen LogP) is 3.00. The van der Waals surface area contributed by atoms with Crippen molar-refractivity contribution >= 4 is 12.0 Å². The molecule has 23 heavy (non-hydrogen) atoms. The molecule has 118 valence electrons. The lowest BCUT2D eigenvalue weighted by Crippen LogP contribution is -2.34. The lowest BCUT2D eigenvalue weighted by molar-refractivity contribution is 0.0756. The van der Waals surface area contributed by atoms with E-state index in [1.165, 1.54) is 12.1 Å². The highest BCUT2D eigenvalue weighted by Crippen LogP contribution is 2.27. The molecule has 1 fully saturated rings. The maximum atomic E-state index is 12.7. The van der Waals surface area contributed by atoms with Gasteiger partial charge in [0.05, 0.1) is 0 Å². The van der Waals surface area contributed by atoms with Gasteiger partial charge in [0.2, 0.25) is 0 Å². The summed E-state index contributed by atoms with van der Waals surface area (Å²) in [7, 11) is 0. The van der Waals surface area contributed by atoms with Crippen molar-refractivity contribution in [3.8, 4) is 0 Å². The van der Waals surface area contributed by atoms with Crippen molar-refractivity contribution in [1.82, 2.24) is 9.88 Å². The number of rotatable bonds is 5. The minimum atomic E-state index is -0.139. The quantitative estimate of drug-likeness (QED) is 0.923. The number of carbonyl (C=O) groups is 1. The maximum Gasteiger partial charge on any atom is 0.270 e. The summed E-state index contributed by atoms with van der Waals surface area (Å²) in [5, 5.41) is 0. The highest BCUT2D eigenvalue weighted by molar-refractivity contribution is 5.93. The summed E-state index contributed by atoms with van der Waals surface area (Å²) in [5.74, 6) is -0.106. The molecule has 0 saturated heterocycles. The van der Waals surface area contributed by atoms with Crippen molar-refractivity contribution in [2.45, 2.75) is 25.8 Å². The third kappa shape index (κ3) is 3.97. The summed E-state index contributed by atoms with van der Waals surface area (Å²) < 4.78 is 0. The number of hydrogen-bond acceptors (Lipinski definition) is 2. The second-order valence-corrected chi connectivity index (χ2v) is 5.91. The van der Waals surface area contributed by atoms with Gasteiger partial charge in [-0.25, -0.2) is 0 Å². The average molecular weight is 308 g/mol. The van der Waals surface area contributed by atoms with Gasteiger partial charge >= 0.3 is 0 Å². The predicted molar refractivity (Wildman–Crippen MR) is 91.3 cm³/mol. The van der Waals surface area contributed by atoms with Gasteiger partial charge < -0.3 is 9.88 Å². The van der Waals surface area contributed by atoms with Crippen molar-refractivity contribution < 1.29 is 4.79 Å². The van der Waals surface area contributed by atoms with Crippen LogP contribution in [0.2, 0.25) is 0 Å². The molecular weight excluding hydrogens is 288 g/mol. The molecule has 0 aliphatic heterocycles. The molecule has 4 heteroatoms. The molecule has 3 rings (SSSR count). The summed E-state index contributed by atoms with van der Waals surface area (Å²) in [5.41, 5.74) is 2.05. The molecule has 1 aromatic heterocycles. The molecule has 1 aromatic carbocycles. The second-order valence-electron chi connectivity index (χ2n) is 5.91. The van der Waals surface area contributed by atoms with E-state index in [4.69, 9.17) is 0 Å². The Kier molecular flexibility index (Phi) is 4.42. The van der Waals surface area contributed by atoms with Crippen molar-refractivity contribution in [1.29, 1.82) is 0 Å². The first-order chi connectivity index (χ1) is 11.1. The van der Waals surface area contributed by atoms with Crippen molar-refractivity contribution in [3.05, 3.63) is 75.7 Å². The van der Waals surface area contributed by atoms with E-state index in [2.05, 4.69) is 4.98 Å². The van der Waals surface area contributed by atoms with Crippen LogP contribution in [0, 0.1) is 6.92 Å². The van der Waals surface area contributed by atoms with E-state index >= 15 is 0 Å². The van der Waals surface area contributed by atoms with Gasteiger partial charge in [0.15, 0.2) is 5.43 Å². The van der Waals surface area contributed by atoms with Crippen molar-refractivity contribution in [3.63, 3.8) is 0 Å². The molecule has 1 N–H and O–H groups in total. The van der Waals surface area contributed by atoms with Crippen LogP contribution in [0.1, 0.15) is 34.6 Å². The Morgan fingerprint density at radius 3 is 2.65 bits per heavy atom. The number of H-pyrrole nitrogens is 1. The third-order valence-corrected chi connectivity index (χ3v) is 3.87. The molecule has 2 aromatic rings. The first kappa shape index (κ1) is 15.3. The van der Waals surface area contributed by atoms with Crippen molar-refractivity contribution in [2.75, 3.05) is 6.54 Å². The SMILES string of the molecule is Cc1cc(=O)cc(C(=O)N(CC=Cc2ccccc2)C2CC2)[nH]1. The van der Waals surface area contributed by atoms with Crippen LogP contribution in [-0.4, -0.2) is 28.4 Å². The van der Waals surface area contributed by atoms with E-state index in [0.29, 0.717) is 17.9 Å². The number of aryl methyl sites for hydroxylation is 1. The number of aromatic amines is 1. The van der Waals surface area contributed by atoms with E-state index < -0.39 is 0 Å². The van der Waals surface area contributed by atoms with Gasteiger partial charge in [0.25, 0.3) is 5.91 Å². The molecule has 1 aliphatic carbocycles. The Morgan fingerprint density at radius 1 is 1.26 bits per heavy atom. The van der Waals surface area contributed by atoms with Gasteiger partial charge in [-0.05, 0) is 25.3 Å². The lowest BCUT2D eigenvalue weighted by Gasteiger charge is -2.20. The normalized spacial score (nSPS) is 14.1. The Labute approximate surface area is 135 Å². The largest absolute Gasteiger partial charge is 0.354 e. The van der Waals surface area contributed by atoms with Gasteiger partial charge in [-0.2, -0.15) is 0 Å². The van der Waals surface area contributed by atoms with E-state index in [1.807, 2.05) is 47.4 Å². The van der Waals surface area contributed by atoms with E-state index in [-0.39, 0.29) is 17.4 Å².